The molecule has 0 saturated carbocycles. The summed E-state index contributed by atoms with van der Waals surface area (Å²) in [5, 5.41) is 12.5. The molecule has 2 aromatic heterocycles. The summed E-state index contributed by atoms with van der Waals surface area (Å²) in [6, 6.07) is 19.6. The van der Waals surface area contributed by atoms with Gasteiger partial charge in [-0.3, -0.25) is 4.57 Å². The molecule has 1 N–H and O–H groups in total. The molecule has 2 aromatic carbocycles. The number of aryl methyl sites for hydroxylation is 1. The fraction of sp³-hybridized carbons (Fsp3) is 0.259. The van der Waals surface area contributed by atoms with Crippen molar-refractivity contribution in [3.8, 4) is 34.4 Å². The van der Waals surface area contributed by atoms with Crippen LogP contribution >= 0.6 is 13.5 Å². The van der Waals surface area contributed by atoms with Gasteiger partial charge in [-0.05, 0) is 67.9 Å². The van der Waals surface area contributed by atoms with Crippen LogP contribution in [0, 0.1) is 18.3 Å². The summed E-state index contributed by atoms with van der Waals surface area (Å²) in [5.41, 5.74) is 8.94. The number of rotatable bonds is 3. The van der Waals surface area contributed by atoms with E-state index in [1.54, 1.807) is 0 Å². The minimum Gasteiger partial charge on any atom is -0.370 e. The predicted molar refractivity (Wildman–Crippen MR) is 141 cm³/mol. The van der Waals surface area contributed by atoms with Crippen molar-refractivity contribution in [1.82, 2.24) is 19.4 Å². The molecule has 7 heteroatoms. The molecule has 34 heavy (non-hydrogen) atoms. The first-order valence-corrected chi connectivity index (χ1v) is 11.5. The Morgan fingerprint density at radius 2 is 1.91 bits per heavy atom. The fourth-order valence-corrected chi connectivity index (χ4v) is 5.17. The third kappa shape index (κ3) is 3.60. The zero-order valence-electron chi connectivity index (χ0n) is 19.4. The maximum absolute atomic E-state index is 9.12. The highest BCUT2D eigenvalue weighted by Crippen LogP contribution is 2.36. The third-order valence-electron chi connectivity index (χ3n) is 7.02. The molecular formula is C27H28N6S. The first-order chi connectivity index (χ1) is 16.1. The summed E-state index contributed by atoms with van der Waals surface area (Å²) in [5.74, 6) is 0.968. The van der Waals surface area contributed by atoms with Crippen LogP contribution in [0.2, 0.25) is 0 Å². The Kier molecular flexibility index (Phi) is 5.72. The second-order valence-corrected chi connectivity index (χ2v) is 9.02. The molecule has 172 valence electrons. The molecule has 1 atom stereocenters. The number of imidazole rings is 1. The van der Waals surface area contributed by atoms with Crippen LogP contribution in [-0.4, -0.2) is 40.3 Å². The SMILES string of the molecule is CN[C@H]1CCN(c2ccc3c(c2)Cn2cc(-c4ccc(C#N)cc4)cc2-c2ncc(C)n2-3)C1.S. The van der Waals surface area contributed by atoms with Gasteiger partial charge in [-0.25, -0.2) is 4.98 Å². The minimum absolute atomic E-state index is 0. The summed E-state index contributed by atoms with van der Waals surface area (Å²) < 4.78 is 4.59. The molecule has 0 amide bonds. The maximum Gasteiger partial charge on any atom is 0.161 e. The van der Waals surface area contributed by atoms with E-state index in [0.717, 1.165) is 48.0 Å². The van der Waals surface area contributed by atoms with Crippen LogP contribution in [0.5, 0.6) is 0 Å². The highest BCUT2D eigenvalue weighted by atomic mass is 32.1. The number of likely N-dealkylation sites (N-methyl/N-ethyl adjacent to an activating group) is 1. The lowest BCUT2D eigenvalue weighted by molar-refractivity contribution is 0.617. The number of nitriles is 1. The Bertz CT molecular complexity index is 1390. The van der Waals surface area contributed by atoms with E-state index in [2.05, 4.69) is 62.8 Å². The van der Waals surface area contributed by atoms with E-state index in [1.807, 2.05) is 37.5 Å². The Morgan fingerprint density at radius 3 is 2.65 bits per heavy atom. The van der Waals surface area contributed by atoms with Gasteiger partial charge in [0.25, 0.3) is 0 Å². The smallest absolute Gasteiger partial charge is 0.161 e. The summed E-state index contributed by atoms with van der Waals surface area (Å²) in [4.78, 5) is 7.27. The van der Waals surface area contributed by atoms with Crippen molar-refractivity contribution in [2.75, 3.05) is 25.0 Å². The molecule has 0 radical (unpaired) electrons. The number of nitrogens with zero attached hydrogens (tertiary/aromatic N) is 5. The number of benzene rings is 2. The van der Waals surface area contributed by atoms with Gasteiger partial charge in [0.1, 0.15) is 0 Å². The Labute approximate surface area is 206 Å². The monoisotopic (exact) mass is 468 g/mol. The lowest BCUT2D eigenvalue weighted by Gasteiger charge is -2.21. The molecule has 6 rings (SSSR count). The predicted octanol–water partition coefficient (Wildman–Crippen LogP) is 4.46. The van der Waals surface area contributed by atoms with Crippen LogP contribution in [0.4, 0.5) is 5.69 Å². The lowest BCUT2D eigenvalue weighted by Crippen LogP contribution is -2.29. The highest BCUT2D eigenvalue weighted by molar-refractivity contribution is 7.59. The fourth-order valence-electron chi connectivity index (χ4n) is 5.17. The van der Waals surface area contributed by atoms with Crippen molar-refractivity contribution in [2.24, 2.45) is 0 Å². The van der Waals surface area contributed by atoms with Crippen molar-refractivity contribution in [2.45, 2.75) is 25.9 Å². The van der Waals surface area contributed by atoms with Crippen molar-refractivity contribution < 1.29 is 0 Å². The van der Waals surface area contributed by atoms with Crippen LogP contribution in [-0.2, 0) is 6.54 Å². The summed E-state index contributed by atoms with van der Waals surface area (Å²) >= 11 is 0. The van der Waals surface area contributed by atoms with Crippen LogP contribution in [0.15, 0.2) is 60.9 Å². The van der Waals surface area contributed by atoms with E-state index < -0.39 is 0 Å². The minimum atomic E-state index is 0. The average Bonchev–Trinajstić information content (AvgIpc) is 3.56. The van der Waals surface area contributed by atoms with E-state index in [1.165, 1.54) is 23.4 Å². The van der Waals surface area contributed by atoms with Crippen LogP contribution < -0.4 is 10.2 Å². The molecule has 2 aliphatic heterocycles. The molecule has 0 unspecified atom stereocenters. The largest absolute Gasteiger partial charge is 0.370 e. The second-order valence-electron chi connectivity index (χ2n) is 9.02. The molecule has 1 fully saturated rings. The standard InChI is InChI=1S/C27H26N6.H2S/c1-18-14-30-27-26-12-21(20-5-3-19(13-28)4-6-20)15-32(26)16-22-11-24(7-8-25(22)33(18)27)31-10-9-23(17-31)29-2;/h3-8,11-12,14-15,23,29H,9-10,16-17H2,1-2H3;1H2/t23-;/m0./s1. The quantitative estimate of drug-likeness (QED) is 0.425. The first-order valence-electron chi connectivity index (χ1n) is 11.5. The van der Waals surface area contributed by atoms with Gasteiger partial charge in [-0.1, -0.05) is 12.1 Å². The zero-order chi connectivity index (χ0) is 22.5. The number of nitrogens with one attached hydrogen (secondary N) is 1. The third-order valence-corrected chi connectivity index (χ3v) is 7.02. The lowest BCUT2D eigenvalue weighted by atomic mass is 10.1. The first kappa shape index (κ1) is 22.3. The Balaban J connectivity index is 0.00000241. The Morgan fingerprint density at radius 1 is 1.09 bits per heavy atom. The van der Waals surface area contributed by atoms with Gasteiger partial charge in [0.15, 0.2) is 5.82 Å². The van der Waals surface area contributed by atoms with Crippen LogP contribution in [0.25, 0.3) is 28.3 Å². The second kappa shape index (κ2) is 8.71. The van der Waals surface area contributed by atoms with Crippen molar-refractivity contribution in [3.05, 3.63) is 77.7 Å². The topological polar surface area (TPSA) is 61.8 Å². The van der Waals surface area contributed by atoms with E-state index >= 15 is 0 Å². The molecular weight excluding hydrogens is 440 g/mol. The van der Waals surface area contributed by atoms with Crippen molar-refractivity contribution in [1.29, 1.82) is 5.26 Å². The molecule has 2 aliphatic rings. The van der Waals surface area contributed by atoms with Crippen molar-refractivity contribution in [3.63, 3.8) is 0 Å². The summed E-state index contributed by atoms with van der Waals surface area (Å²) in [7, 11) is 2.05. The summed E-state index contributed by atoms with van der Waals surface area (Å²) in [6.07, 6.45) is 5.34. The highest BCUT2D eigenvalue weighted by Gasteiger charge is 2.25. The molecule has 1 saturated heterocycles. The molecule has 0 spiro atoms. The maximum atomic E-state index is 9.12. The molecule has 0 bridgehead atoms. The van der Waals surface area contributed by atoms with Gasteiger partial charge >= 0.3 is 0 Å². The van der Waals surface area contributed by atoms with Gasteiger partial charge in [-0.2, -0.15) is 18.8 Å². The molecule has 6 nitrogen and oxygen atoms in total. The number of anilines is 1. The van der Waals surface area contributed by atoms with Gasteiger partial charge in [0.05, 0.1) is 23.0 Å². The number of aromatic nitrogens is 3. The summed E-state index contributed by atoms with van der Waals surface area (Å²) in [6.45, 7) is 5.03. The van der Waals surface area contributed by atoms with Crippen molar-refractivity contribution >= 4 is 19.2 Å². The van der Waals surface area contributed by atoms with Crippen LogP contribution in [0.1, 0.15) is 23.2 Å². The van der Waals surface area contributed by atoms with Gasteiger partial charge in [0.2, 0.25) is 0 Å². The van der Waals surface area contributed by atoms with Gasteiger partial charge < -0.3 is 14.8 Å². The number of hydrogen-bond donors (Lipinski definition) is 1. The molecule has 0 aliphatic carbocycles. The van der Waals surface area contributed by atoms with Crippen LogP contribution in [0.3, 0.4) is 0 Å². The van der Waals surface area contributed by atoms with E-state index in [-0.39, 0.29) is 13.5 Å². The normalized spacial score (nSPS) is 16.1. The van der Waals surface area contributed by atoms with E-state index in [4.69, 9.17) is 10.2 Å². The molecule has 4 aromatic rings. The van der Waals surface area contributed by atoms with Gasteiger partial charge in [0, 0.05) is 55.0 Å². The van der Waals surface area contributed by atoms with Gasteiger partial charge in [-0.15, -0.1) is 0 Å². The number of hydrogen-bond acceptors (Lipinski definition) is 4. The van der Waals surface area contributed by atoms with E-state index in [9.17, 15) is 0 Å². The van der Waals surface area contributed by atoms with E-state index in [0.29, 0.717) is 11.6 Å². The average molecular weight is 469 g/mol. The Hall–Kier alpha value is -3.47. The number of fused-ring (bicyclic) bond motifs is 5. The molecule has 4 heterocycles. The zero-order valence-corrected chi connectivity index (χ0v) is 20.4.